The molecule has 0 fully saturated rings. The van der Waals surface area contributed by atoms with E-state index in [2.05, 4.69) is 0 Å². The summed E-state index contributed by atoms with van der Waals surface area (Å²) in [6.07, 6.45) is 0.176. The largest absolute Gasteiger partial charge is 0.394 e. The summed E-state index contributed by atoms with van der Waals surface area (Å²) in [5, 5.41) is 0. The quantitative estimate of drug-likeness (QED) is 0.904. The van der Waals surface area contributed by atoms with E-state index in [1.165, 1.54) is 6.07 Å². The lowest BCUT2D eigenvalue weighted by Gasteiger charge is -2.12. The fraction of sp³-hybridized carbons (Fsp3) is 0.143. The molecule has 2 rings (SSSR count). The van der Waals surface area contributed by atoms with Gasteiger partial charge in [0.15, 0.2) is 0 Å². The fourth-order valence-electron chi connectivity index (χ4n) is 1.61. The summed E-state index contributed by atoms with van der Waals surface area (Å²) < 4.78 is 0.941. The molecule has 98 valence electrons. The van der Waals surface area contributed by atoms with Crippen molar-refractivity contribution in [2.24, 2.45) is 0 Å². The molecule has 0 saturated carbocycles. The van der Waals surface area contributed by atoms with Gasteiger partial charge in [-0.2, -0.15) is 0 Å². The average molecular weight is 258 g/mol. The number of pyridine rings is 1. The van der Waals surface area contributed by atoms with Gasteiger partial charge in [0.05, 0.1) is 5.69 Å². The summed E-state index contributed by atoms with van der Waals surface area (Å²) in [5.74, 6) is -0.495. The minimum Gasteiger partial charge on any atom is -0.394 e. The van der Waals surface area contributed by atoms with E-state index in [-0.39, 0.29) is 12.1 Å². The van der Waals surface area contributed by atoms with Crippen LogP contribution in [0.4, 0.5) is 5.69 Å². The first-order valence-electron chi connectivity index (χ1n) is 5.91. The van der Waals surface area contributed by atoms with E-state index in [9.17, 15) is 9.59 Å². The van der Waals surface area contributed by atoms with Gasteiger partial charge >= 0.3 is 11.5 Å². The van der Waals surface area contributed by atoms with Gasteiger partial charge in [0.25, 0.3) is 0 Å². The van der Waals surface area contributed by atoms with Crippen LogP contribution in [-0.2, 0) is 4.79 Å². The van der Waals surface area contributed by atoms with Gasteiger partial charge in [-0.15, -0.1) is 4.73 Å². The predicted molar refractivity (Wildman–Crippen MR) is 72.4 cm³/mol. The highest BCUT2D eigenvalue weighted by Crippen LogP contribution is 2.17. The maximum atomic E-state index is 12.0. The molecule has 1 aromatic heterocycles. The summed E-state index contributed by atoms with van der Waals surface area (Å²) in [7, 11) is 0. The third-order valence-corrected chi connectivity index (χ3v) is 2.62. The summed E-state index contributed by atoms with van der Waals surface area (Å²) in [6.45, 7) is 1.65. The molecule has 0 saturated heterocycles. The molecule has 1 aromatic carbocycles. The molecule has 2 N–H and O–H groups in total. The molecule has 2 aromatic rings. The maximum absolute atomic E-state index is 12.0. The molecular weight excluding hydrogens is 244 g/mol. The van der Waals surface area contributed by atoms with Gasteiger partial charge in [-0.05, 0) is 12.1 Å². The molecule has 0 bridgehead atoms. The molecule has 0 aliphatic carbocycles. The molecule has 0 radical (unpaired) electrons. The molecule has 0 unspecified atom stereocenters. The fourth-order valence-corrected chi connectivity index (χ4v) is 1.61. The number of anilines is 1. The molecule has 0 atom stereocenters. The Morgan fingerprint density at radius 1 is 1.21 bits per heavy atom. The molecule has 1 heterocycles. The first kappa shape index (κ1) is 12.9. The number of hydrogen-bond acceptors (Lipinski definition) is 4. The number of nitrogens with two attached hydrogens (primary N) is 1. The van der Waals surface area contributed by atoms with Crippen molar-refractivity contribution in [3.05, 3.63) is 52.8 Å². The number of nitrogens with zero attached hydrogens (tertiary/aromatic N) is 1. The highest BCUT2D eigenvalue weighted by atomic mass is 16.7. The van der Waals surface area contributed by atoms with Crippen LogP contribution in [0, 0.1) is 0 Å². The minimum atomic E-state index is -0.539. The summed E-state index contributed by atoms with van der Waals surface area (Å²) in [5.41, 5.74) is 6.31. The van der Waals surface area contributed by atoms with E-state index in [4.69, 9.17) is 10.6 Å². The van der Waals surface area contributed by atoms with Gasteiger partial charge in [0.1, 0.15) is 5.69 Å². The molecule has 0 aliphatic heterocycles. The van der Waals surface area contributed by atoms with Crippen LogP contribution in [0.15, 0.2) is 47.3 Å². The number of hydrogen-bond donors (Lipinski definition) is 1. The van der Waals surface area contributed by atoms with E-state index in [1.54, 1.807) is 13.0 Å². The number of rotatable bonds is 3. The smallest absolute Gasteiger partial charge is 0.332 e. The summed E-state index contributed by atoms with van der Waals surface area (Å²) in [6, 6.07) is 12.3. The monoisotopic (exact) mass is 258 g/mol. The topological polar surface area (TPSA) is 74.3 Å². The van der Waals surface area contributed by atoms with Crippen molar-refractivity contribution in [3.8, 4) is 11.3 Å². The van der Waals surface area contributed by atoms with Crippen molar-refractivity contribution in [2.45, 2.75) is 13.3 Å². The zero-order chi connectivity index (χ0) is 13.8. The lowest BCUT2D eigenvalue weighted by molar-refractivity contribution is -0.143. The van der Waals surface area contributed by atoms with Gasteiger partial charge in [-0.1, -0.05) is 37.3 Å². The van der Waals surface area contributed by atoms with E-state index in [0.717, 1.165) is 10.3 Å². The summed E-state index contributed by atoms with van der Waals surface area (Å²) in [4.78, 5) is 28.4. The first-order chi connectivity index (χ1) is 9.13. The van der Waals surface area contributed by atoms with Gasteiger partial charge in [0, 0.05) is 12.0 Å². The van der Waals surface area contributed by atoms with Crippen LogP contribution in [0.3, 0.4) is 0 Å². The summed E-state index contributed by atoms with van der Waals surface area (Å²) >= 11 is 0. The van der Waals surface area contributed by atoms with Gasteiger partial charge in [0.2, 0.25) is 0 Å². The van der Waals surface area contributed by atoms with Crippen LogP contribution in [0.25, 0.3) is 11.3 Å². The highest BCUT2D eigenvalue weighted by molar-refractivity contribution is 5.70. The van der Waals surface area contributed by atoms with Gasteiger partial charge < -0.3 is 10.6 Å². The lowest BCUT2D eigenvalue weighted by atomic mass is 10.1. The van der Waals surface area contributed by atoms with Crippen molar-refractivity contribution in [1.29, 1.82) is 0 Å². The Morgan fingerprint density at radius 3 is 2.53 bits per heavy atom. The second-order valence-corrected chi connectivity index (χ2v) is 3.96. The van der Waals surface area contributed by atoms with E-state index in [1.807, 2.05) is 30.3 Å². The van der Waals surface area contributed by atoms with Crippen LogP contribution < -0.4 is 16.1 Å². The zero-order valence-electron chi connectivity index (χ0n) is 10.5. The second kappa shape index (κ2) is 5.39. The SMILES string of the molecule is CCC(=O)On1c(-c2ccccc2)ccc(N)c1=O. The van der Waals surface area contributed by atoms with Crippen molar-refractivity contribution in [1.82, 2.24) is 4.73 Å². The van der Waals surface area contributed by atoms with E-state index < -0.39 is 11.5 Å². The van der Waals surface area contributed by atoms with Crippen LogP contribution in [0.5, 0.6) is 0 Å². The lowest BCUT2D eigenvalue weighted by Crippen LogP contribution is -2.32. The predicted octanol–water partition coefficient (Wildman–Crippen LogP) is 1.46. The minimum absolute atomic E-state index is 0.0311. The zero-order valence-corrected chi connectivity index (χ0v) is 10.5. The van der Waals surface area contributed by atoms with Crippen molar-refractivity contribution < 1.29 is 9.63 Å². The van der Waals surface area contributed by atoms with Gasteiger partial charge in [-0.25, -0.2) is 4.79 Å². The Labute approximate surface area is 110 Å². The highest BCUT2D eigenvalue weighted by Gasteiger charge is 2.12. The molecular formula is C14H14N2O3. The molecule has 0 amide bonds. The number of carbonyl (C=O) groups is 1. The number of aromatic nitrogens is 1. The third-order valence-electron chi connectivity index (χ3n) is 2.62. The molecule has 19 heavy (non-hydrogen) atoms. The van der Waals surface area contributed by atoms with Crippen molar-refractivity contribution in [3.63, 3.8) is 0 Å². The van der Waals surface area contributed by atoms with Crippen LogP contribution in [0.1, 0.15) is 13.3 Å². The number of carbonyl (C=O) groups excluding carboxylic acids is 1. The number of benzene rings is 1. The van der Waals surface area contributed by atoms with Gasteiger partial charge in [-0.3, -0.25) is 4.79 Å². The Balaban J connectivity index is 2.58. The average Bonchev–Trinajstić information content (AvgIpc) is 2.45. The van der Waals surface area contributed by atoms with Crippen LogP contribution in [-0.4, -0.2) is 10.7 Å². The van der Waals surface area contributed by atoms with Crippen LogP contribution in [0.2, 0.25) is 0 Å². The van der Waals surface area contributed by atoms with Crippen molar-refractivity contribution in [2.75, 3.05) is 5.73 Å². The molecule has 5 nitrogen and oxygen atoms in total. The molecule has 5 heteroatoms. The molecule has 0 spiro atoms. The normalized spacial score (nSPS) is 10.2. The Hall–Kier alpha value is -2.56. The Kier molecular flexibility index (Phi) is 3.66. The standard InChI is InChI=1S/C14H14N2O3/c1-2-13(17)19-16-12(9-8-11(15)14(16)18)10-6-4-3-5-7-10/h3-9H,2,15H2,1H3. The number of nitrogen functional groups attached to an aromatic ring is 1. The second-order valence-electron chi connectivity index (χ2n) is 3.96. The van der Waals surface area contributed by atoms with Crippen LogP contribution >= 0.6 is 0 Å². The maximum Gasteiger partial charge on any atom is 0.332 e. The Morgan fingerprint density at radius 2 is 1.89 bits per heavy atom. The Bertz CT molecular complexity index is 647. The van der Waals surface area contributed by atoms with E-state index >= 15 is 0 Å². The third kappa shape index (κ3) is 2.65. The van der Waals surface area contributed by atoms with Crippen molar-refractivity contribution >= 4 is 11.7 Å². The molecule has 0 aliphatic rings. The first-order valence-corrected chi connectivity index (χ1v) is 5.91. The van der Waals surface area contributed by atoms with E-state index in [0.29, 0.717) is 5.69 Å².